The molecule has 1 N–H and O–H groups in total. The van der Waals surface area contributed by atoms with Crippen LogP contribution in [0.5, 0.6) is 0 Å². The summed E-state index contributed by atoms with van der Waals surface area (Å²) >= 11 is 11.9. The number of aromatic nitrogens is 2. The molecule has 3 rings (SSSR count). The van der Waals surface area contributed by atoms with Gasteiger partial charge in [-0.25, -0.2) is 0 Å². The molecule has 0 saturated heterocycles. The van der Waals surface area contributed by atoms with Gasteiger partial charge in [0.1, 0.15) is 0 Å². The molecule has 0 fully saturated rings. The van der Waals surface area contributed by atoms with Gasteiger partial charge in [-0.15, -0.1) is 10.2 Å². The molecule has 0 radical (unpaired) electrons. The molecule has 7 heteroatoms. The van der Waals surface area contributed by atoms with Crippen LogP contribution < -0.4 is 5.32 Å². The predicted octanol–water partition coefficient (Wildman–Crippen LogP) is 4.60. The van der Waals surface area contributed by atoms with E-state index in [1.54, 1.807) is 49.4 Å². The van der Waals surface area contributed by atoms with E-state index < -0.39 is 0 Å². The minimum atomic E-state index is -0.275. The van der Waals surface area contributed by atoms with Crippen molar-refractivity contribution >= 4 is 34.8 Å². The molecule has 23 heavy (non-hydrogen) atoms. The van der Waals surface area contributed by atoms with E-state index in [0.717, 1.165) is 5.56 Å². The molecule has 0 atom stereocenters. The van der Waals surface area contributed by atoms with Gasteiger partial charge < -0.3 is 9.73 Å². The lowest BCUT2D eigenvalue weighted by molar-refractivity contribution is 0.102. The highest BCUT2D eigenvalue weighted by atomic mass is 35.5. The van der Waals surface area contributed by atoms with E-state index in [9.17, 15) is 4.79 Å². The average molecular weight is 348 g/mol. The third kappa shape index (κ3) is 3.52. The van der Waals surface area contributed by atoms with E-state index in [4.69, 9.17) is 27.6 Å². The second-order valence-corrected chi connectivity index (χ2v) is 5.63. The second kappa shape index (κ2) is 6.40. The topological polar surface area (TPSA) is 68.0 Å². The number of nitrogens with one attached hydrogen (secondary N) is 1. The number of carbonyl (C=O) groups excluding carboxylic acids is 1. The van der Waals surface area contributed by atoms with Gasteiger partial charge in [-0.1, -0.05) is 23.2 Å². The monoisotopic (exact) mass is 347 g/mol. The van der Waals surface area contributed by atoms with Gasteiger partial charge in [0, 0.05) is 23.1 Å². The summed E-state index contributed by atoms with van der Waals surface area (Å²) in [5.74, 6) is 0.622. The summed E-state index contributed by atoms with van der Waals surface area (Å²) in [6, 6.07) is 11.7. The van der Waals surface area contributed by atoms with Crippen LogP contribution in [0.1, 0.15) is 16.2 Å². The van der Waals surface area contributed by atoms with Crippen molar-refractivity contribution in [1.82, 2.24) is 10.2 Å². The highest BCUT2D eigenvalue weighted by Crippen LogP contribution is 2.26. The van der Waals surface area contributed by atoms with Crippen LogP contribution in [0.25, 0.3) is 11.5 Å². The first-order valence-corrected chi connectivity index (χ1v) is 7.45. The quantitative estimate of drug-likeness (QED) is 0.751. The van der Waals surface area contributed by atoms with Crippen molar-refractivity contribution in [2.45, 2.75) is 6.92 Å². The number of aryl methyl sites for hydroxylation is 1. The molecule has 1 heterocycles. The van der Waals surface area contributed by atoms with Crippen LogP contribution in [0.3, 0.4) is 0 Å². The zero-order valence-electron chi connectivity index (χ0n) is 12.0. The molecule has 0 bridgehead atoms. The smallest absolute Gasteiger partial charge is 0.255 e. The summed E-state index contributed by atoms with van der Waals surface area (Å²) in [6.45, 7) is 1.72. The third-order valence-electron chi connectivity index (χ3n) is 3.10. The third-order valence-corrected chi connectivity index (χ3v) is 3.65. The maximum Gasteiger partial charge on any atom is 0.255 e. The zero-order chi connectivity index (χ0) is 16.4. The first-order valence-electron chi connectivity index (χ1n) is 6.70. The van der Waals surface area contributed by atoms with E-state index in [0.29, 0.717) is 33.1 Å². The summed E-state index contributed by atoms with van der Waals surface area (Å²) in [5.41, 5.74) is 1.72. The molecule has 3 aromatic rings. The lowest BCUT2D eigenvalue weighted by Crippen LogP contribution is -2.12. The minimum Gasteiger partial charge on any atom is -0.421 e. The molecule has 1 amide bonds. The highest BCUT2D eigenvalue weighted by Gasteiger charge is 2.11. The van der Waals surface area contributed by atoms with Crippen molar-refractivity contribution in [2.75, 3.05) is 5.32 Å². The average Bonchev–Trinajstić information content (AvgIpc) is 2.97. The first-order chi connectivity index (χ1) is 11.0. The lowest BCUT2D eigenvalue weighted by atomic mass is 10.1. The Hall–Kier alpha value is -2.37. The van der Waals surface area contributed by atoms with Crippen molar-refractivity contribution < 1.29 is 9.21 Å². The second-order valence-electron chi connectivity index (χ2n) is 4.78. The number of nitrogens with zero attached hydrogens (tertiary/aromatic N) is 2. The molecular weight excluding hydrogens is 337 g/mol. The molecule has 5 nitrogen and oxygen atoms in total. The van der Waals surface area contributed by atoms with E-state index in [1.807, 2.05) is 0 Å². The molecule has 0 aliphatic heterocycles. The van der Waals surface area contributed by atoms with E-state index in [-0.39, 0.29) is 5.91 Å². The van der Waals surface area contributed by atoms with E-state index >= 15 is 0 Å². The fourth-order valence-electron chi connectivity index (χ4n) is 1.96. The molecular formula is C16H11Cl2N3O2. The highest BCUT2D eigenvalue weighted by molar-refractivity contribution is 6.36. The Balaban J connectivity index is 1.77. The fourth-order valence-corrected chi connectivity index (χ4v) is 2.42. The molecule has 116 valence electrons. The van der Waals surface area contributed by atoms with Crippen LogP contribution in [0, 0.1) is 6.92 Å². The first kappa shape index (κ1) is 15.5. The summed E-state index contributed by atoms with van der Waals surface area (Å²) in [6.07, 6.45) is 0. The lowest BCUT2D eigenvalue weighted by Gasteiger charge is -2.07. The Kier molecular flexibility index (Phi) is 4.32. The molecule has 2 aromatic carbocycles. The molecule has 0 unspecified atom stereocenters. The fraction of sp³-hybridized carbons (Fsp3) is 0.0625. The summed E-state index contributed by atoms with van der Waals surface area (Å²) < 4.78 is 5.34. The number of rotatable bonds is 3. The number of carbonyl (C=O) groups is 1. The number of amides is 1. The van der Waals surface area contributed by atoms with E-state index in [2.05, 4.69) is 15.5 Å². The van der Waals surface area contributed by atoms with Gasteiger partial charge in [0.05, 0.1) is 10.7 Å². The predicted molar refractivity (Wildman–Crippen MR) is 88.9 cm³/mol. The van der Waals surface area contributed by atoms with Crippen LogP contribution in [0.4, 0.5) is 5.69 Å². The summed E-state index contributed by atoms with van der Waals surface area (Å²) in [5, 5.41) is 11.3. The standard InChI is InChI=1S/C16H11Cl2N3O2/c1-9-20-21-16(23-9)11-4-2-10(3-5-11)15(22)19-14-7-6-12(17)8-13(14)18/h2-8H,1H3,(H,19,22). The number of hydrogen-bond acceptors (Lipinski definition) is 4. The van der Waals surface area contributed by atoms with Gasteiger partial charge in [0.15, 0.2) is 0 Å². The van der Waals surface area contributed by atoms with E-state index in [1.165, 1.54) is 0 Å². The maximum atomic E-state index is 12.2. The van der Waals surface area contributed by atoms with Gasteiger partial charge >= 0.3 is 0 Å². The Bertz CT molecular complexity index is 860. The molecule has 0 aliphatic carbocycles. The van der Waals surface area contributed by atoms with Gasteiger partial charge in [0.25, 0.3) is 5.91 Å². The van der Waals surface area contributed by atoms with Crippen molar-refractivity contribution in [3.8, 4) is 11.5 Å². The van der Waals surface area contributed by atoms with Gasteiger partial charge in [-0.2, -0.15) is 0 Å². The Morgan fingerprint density at radius 2 is 1.83 bits per heavy atom. The number of anilines is 1. The molecule has 0 spiro atoms. The minimum absolute atomic E-state index is 0.275. The van der Waals surface area contributed by atoms with Crippen molar-refractivity contribution in [1.29, 1.82) is 0 Å². The number of benzene rings is 2. The van der Waals surface area contributed by atoms with Gasteiger partial charge in [0.2, 0.25) is 11.8 Å². The normalized spacial score (nSPS) is 10.6. The molecule has 0 aliphatic rings. The van der Waals surface area contributed by atoms with Crippen LogP contribution in [-0.2, 0) is 0 Å². The van der Waals surface area contributed by atoms with Crippen LogP contribution in [0.2, 0.25) is 10.0 Å². The molecule has 0 saturated carbocycles. The zero-order valence-corrected chi connectivity index (χ0v) is 13.5. The maximum absolute atomic E-state index is 12.2. The largest absolute Gasteiger partial charge is 0.421 e. The Morgan fingerprint density at radius 1 is 1.09 bits per heavy atom. The summed E-state index contributed by atoms with van der Waals surface area (Å²) in [7, 11) is 0. The van der Waals surface area contributed by atoms with Crippen molar-refractivity contribution in [3.63, 3.8) is 0 Å². The van der Waals surface area contributed by atoms with Crippen LogP contribution >= 0.6 is 23.2 Å². The molecule has 1 aromatic heterocycles. The van der Waals surface area contributed by atoms with Crippen molar-refractivity contribution in [2.24, 2.45) is 0 Å². The van der Waals surface area contributed by atoms with Crippen molar-refractivity contribution in [3.05, 3.63) is 64.0 Å². The van der Waals surface area contributed by atoms with Crippen LogP contribution in [0.15, 0.2) is 46.9 Å². The van der Waals surface area contributed by atoms with Gasteiger partial charge in [-0.05, 0) is 42.5 Å². The SMILES string of the molecule is Cc1nnc(-c2ccc(C(=O)Nc3ccc(Cl)cc3Cl)cc2)o1. The van der Waals surface area contributed by atoms with Gasteiger partial charge in [-0.3, -0.25) is 4.79 Å². The number of hydrogen-bond donors (Lipinski definition) is 1. The Morgan fingerprint density at radius 3 is 2.43 bits per heavy atom. The summed E-state index contributed by atoms with van der Waals surface area (Å²) in [4.78, 5) is 12.2. The Labute approximate surface area is 142 Å². The van der Waals surface area contributed by atoms with Crippen LogP contribution in [-0.4, -0.2) is 16.1 Å². The number of halogens is 2.